The molecule has 1 amide bonds. The van der Waals surface area contributed by atoms with Gasteiger partial charge in [-0.25, -0.2) is 0 Å². The average Bonchev–Trinajstić information content (AvgIpc) is 3.10. The van der Waals surface area contributed by atoms with E-state index in [-0.39, 0.29) is 18.5 Å². The molecule has 1 N–H and O–H groups in total. The SMILES string of the molecule is CCc1ccc([C@@H](C)NC(=O)Cn2nnc(-c3ccccc3C)n2)cc1. The smallest absolute Gasteiger partial charge is 0.244 e. The van der Waals surface area contributed by atoms with E-state index in [1.54, 1.807) is 0 Å². The summed E-state index contributed by atoms with van der Waals surface area (Å²) in [4.78, 5) is 13.6. The van der Waals surface area contributed by atoms with Crippen LogP contribution in [0.1, 0.15) is 36.6 Å². The van der Waals surface area contributed by atoms with E-state index >= 15 is 0 Å². The van der Waals surface area contributed by atoms with Crippen molar-refractivity contribution in [3.05, 3.63) is 65.2 Å². The summed E-state index contributed by atoms with van der Waals surface area (Å²) in [6, 6.07) is 16.0. The number of rotatable bonds is 6. The average molecular weight is 349 g/mol. The van der Waals surface area contributed by atoms with Crippen LogP contribution >= 0.6 is 0 Å². The molecule has 0 fully saturated rings. The molecular formula is C20H23N5O. The van der Waals surface area contributed by atoms with E-state index in [0.29, 0.717) is 5.82 Å². The summed E-state index contributed by atoms with van der Waals surface area (Å²) in [6.45, 7) is 6.12. The third kappa shape index (κ3) is 4.14. The number of nitrogens with one attached hydrogen (secondary N) is 1. The van der Waals surface area contributed by atoms with Crippen LogP contribution in [-0.2, 0) is 17.8 Å². The van der Waals surface area contributed by atoms with Gasteiger partial charge in [0.1, 0.15) is 6.54 Å². The molecule has 1 heterocycles. The minimum absolute atomic E-state index is 0.0380. The lowest BCUT2D eigenvalue weighted by molar-refractivity contribution is -0.122. The molecule has 0 saturated heterocycles. The first-order valence-corrected chi connectivity index (χ1v) is 8.79. The van der Waals surface area contributed by atoms with Crippen molar-refractivity contribution in [1.82, 2.24) is 25.5 Å². The first kappa shape index (κ1) is 17.8. The molecule has 2 aromatic carbocycles. The second-order valence-electron chi connectivity index (χ2n) is 6.34. The van der Waals surface area contributed by atoms with Gasteiger partial charge in [-0.15, -0.1) is 10.2 Å². The molecule has 0 spiro atoms. The molecule has 134 valence electrons. The van der Waals surface area contributed by atoms with Gasteiger partial charge >= 0.3 is 0 Å². The molecule has 0 aliphatic rings. The van der Waals surface area contributed by atoms with Crippen molar-refractivity contribution in [3.63, 3.8) is 0 Å². The molecule has 0 radical (unpaired) electrons. The Labute approximate surface area is 153 Å². The number of nitrogens with zero attached hydrogens (tertiary/aromatic N) is 4. The highest BCUT2D eigenvalue weighted by atomic mass is 16.2. The summed E-state index contributed by atoms with van der Waals surface area (Å²) < 4.78 is 0. The Bertz CT molecular complexity index is 885. The highest BCUT2D eigenvalue weighted by Crippen LogP contribution is 2.18. The van der Waals surface area contributed by atoms with Crippen LogP contribution in [0.25, 0.3) is 11.4 Å². The fourth-order valence-corrected chi connectivity index (χ4v) is 2.78. The normalized spacial score (nSPS) is 12.0. The second kappa shape index (κ2) is 7.91. The molecule has 1 atom stereocenters. The molecule has 0 bridgehead atoms. The molecule has 3 rings (SSSR count). The van der Waals surface area contributed by atoms with E-state index in [9.17, 15) is 4.79 Å². The minimum atomic E-state index is -0.147. The Kier molecular flexibility index (Phi) is 5.41. The van der Waals surface area contributed by atoms with Gasteiger partial charge in [0.05, 0.1) is 6.04 Å². The maximum Gasteiger partial charge on any atom is 0.244 e. The quantitative estimate of drug-likeness (QED) is 0.742. The Morgan fingerprint density at radius 2 is 1.88 bits per heavy atom. The fraction of sp³-hybridized carbons (Fsp3) is 0.300. The van der Waals surface area contributed by atoms with Crippen molar-refractivity contribution in [3.8, 4) is 11.4 Å². The van der Waals surface area contributed by atoms with Crippen molar-refractivity contribution in [2.75, 3.05) is 0 Å². The number of aromatic nitrogens is 4. The number of aryl methyl sites for hydroxylation is 2. The molecular weight excluding hydrogens is 326 g/mol. The van der Waals surface area contributed by atoms with E-state index in [0.717, 1.165) is 23.1 Å². The van der Waals surface area contributed by atoms with Gasteiger partial charge in [0.2, 0.25) is 11.7 Å². The molecule has 0 aliphatic carbocycles. The van der Waals surface area contributed by atoms with Crippen LogP contribution in [-0.4, -0.2) is 26.1 Å². The van der Waals surface area contributed by atoms with E-state index in [2.05, 4.69) is 39.8 Å². The first-order valence-electron chi connectivity index (χ1n) is 8.79. The monoisotopic (exact) mass is 349 g/mol. The molecule has 26 heavy (non-hydrogen) atoms. The predicted octanol–water partition coefficient (Wildman–Crippen LogP) is 3.09. The molecule has 3 aromatic rings. The van der Waals surface area contributed by atoms with Crippen molar-refractivity contribution in [2.24, 2.45) is 0 Å². The topological polar surface area (TPSA) is 72.7 Å². The van der Waals surface area contributed by atoms with Crippen LogP contribution in [0.15, 0.2) is 48.5 Å². The molecule has 6 heteroatoms. The number of carbonyl (C=O) groups is 1. The van der Waals surface area contributed by atoms with Gasteiger partial charge in [-0.1, -0.05) is 55.5 Å². The van der Waals surface area contributed by atoms with E-state index < -0.39 is 0 Å². The summed E-state index contributed by atoms with van der Waals surface area (Å²) in [5.41, 5.74) is 4.34. The molecule has 0 saturated carbocycles. The number of carbonyl (C=O) groups excluding carboxylic acids is 1. The number of hydrogen-bond acceptors (Lipinski definition) is 4. The third-order valence-corrected chi connectivity index (χ3v) is 4.39. The number of tetrazole rings is 1. The number of benzene rings is 2. The summed E-state index contributed by atoms with van der Waals surface area (Å²) in [7, 11) is 0. The predicted molar refractivity (Wildman–Crippen MR) is 100 cm³/mol. The van der Waals surface area contributed by atoms with Gasteiger partial charge < -0.3 is 5.32 Å². The van der Waals surface area contributed by atoms with Gasteiger partial charge in [0, 0.05) is 5.56 Å². The van der Waals surface area contributed by atoms with Crippen LogP contribution < -0.4 is 5.32 Å². The van der Waals surface area contributed by atoms with Crippen LogP contribution in [0.5, 0.6) is 0 Å². The molecule has 0 aliphatic heterocycles. The maximum absolute atomic E-state index is 12.3. The lowest BCUT2D eigenvalue weighted by Gasteiger charge is -2.14. The zero-order chi connectivity index (χ0) is 18.5. The van der Waals surface area contributed by atoms with Gasteiger partial charge in [-0.2, -0.15) is 4.80 Å². The van der Waals surface area contributed by atoms with Crippen LogP contribution in [0.3, 0.4) is 0 Å². The van der Waals surface area contributed by atoms with Crippen molar-refractivity contribution in [1.29, 1.82) is 0 Å². The number of hydrogen-bond donors (Lipinski definition) is 1. The van der Waals surface area contributed by atoms with Crippen molar-refractivity contribution < 1.29 is 4.79 Å². The summed E-state index contributed by atoms with van der Waals surface area (Å²) in [6.07, 6.45) is 1.00. The highest BCUT2D eigenvalue weighted by molar-refractivity contribution is 5.76. The van der Waals surface area contributed by atoms with Gasteiger partial charge in [-0.3, -0.25) is 4.79 Å². The Hall–Kier alpha value is -3.02. The largest absolute Gasteiger partial charge is 0.348 e. The van der Waals surface area contributed by atoms with E-state index in [4.69, 9.17) is 0 Å². The minimum Gasteiger partial charge on any atom is -0.348 e. The molecule has 1 aromatic heterocycles. The zero-order valence-corrected chi connectivity index (χ0v) is 15.3. The highest BCUT2D eigenvalue weighted by Gasteiger charge is 2.13. The van der Waals surface area contributed by atoms with Crippen LogP contribution in [0, 0.1) is 6.92 Å². The van der Waals surface area contributed by atoms with Crippen molar-refractivity contribution >= 4 is 5.91 Å². The summed E-state index contributed by atoms with van der Waals surface area (Å²) in [5.74, 6) is 0.380. The van der Waals surface area contributed by atoms with Crippen LogP contribution in [0.2, 0.25) is 0 Å². The summed E-state index contributed by atoms with van der Waals surface area (Å²) in [5, 5.41) is 15.3. The Balaban J connectivity index is 1.62. The van der Waals surface area contributed by atoms with E-state index in [1.165, 1.54) is 10.4 Å². The Morgan fingerprint density at radius 1 is 1.15 bits per heavy atom. The second-order valence-corrected chi connectivity index (χ2v) is 6.34. The fourth-order valence-electron chi connectivity index (χ4n) is 2.78. The first-order chi connectivity index (χ1) is 12.6. The van der Waals surface area contributed by atoms with Gasteiger partial charge in [0.25, 0.3) is 0 Å². The van der Waals surface area contributed by atoms with Crippen molar-refractivity contribution in [2.45, 2.75) is 39.8 Å². The van der Waals surface area contributed by atoms with Gasteiger partial charge in [-0.05, 0) is 42.2 Å². The van der Waals surface area contributed by atoms with E-state index in [1.807, 2.05) is 50.2 Å². The maximum atomic E-state index is 12.3. The lowest BCUT2D eigenvalue weighted by Crippen LogP contribution is -2.30. The number of amides is 1. The molecule has 0 unspecified atom stereocenters. The molecule has 6 nitrogen and oxygen atoms in total. The third-order valence-electron chi connectivity index (χ3n) is 4.39. The lowest BCUT2D eigenvalue weighted by atomic mass is 10.1. The Morgan fingerprint density at radius 3 is 2.58 bits per heavy atom. The van der Waals surface area contributed by atoms with Crippen LogP contribution in [0.4, 0.5) is 0 Å². The standard InChI is InChI=1S/C20H23N5O/c1-4-16-9-11-17(12-10-16)15(3)21-19(26)13-25-23-20(22-24-25)18-8-6-5-7-14(18)2/h5-12,15H,4,13H2,1-3H3,(H,21,26)/t15-/m1/s1. The zero-order valence-electron chi connectivity index (χ0n) is 15.3. The van der Waals surface area contributed by atoms with Gasteiger partial charge in [0.15, 0.2) is 0 Å². The summed E-state index contributed by atoms with van der Waals surface area (Å²) >= 11 is 0.